The summed E-state index contributed by atoms with van der Waals surface area (Å²) in [6.45, 7) is 6.00. The molecule has 3 N–H and O–H groups in total. The van der Waals surface area contributed by atoms with Gasteiger partial charge in [0.15, 0.2) is 0 Å². The Labute approximate surface area is 110 Å². The maximum atomic E-state index is 12.7. The highest BCUT2D eigenvalue weighted by Crippen LogP contribution is 2.24. The van der Waals surface area contributed by atoms with Crippen molar-refractivity contribution < 1.29 is 28.0 Å². The Morgan fingerprint density at radius 1 is 1.39 bits per heavy atom. The number of carbonyl (C=O) groups is 1. The number of alkyl halides is 2. The lowest BCUT2D eigenvalue weighted by molar-refractivity contribution is -0.178. The van der Waals surface area contributed by atoms with Crippen molar-refractivity contribution in [3.8, 4) is 0 Å². The lowest BCUT2D eigenvalue weighted by atomic mass is 10.3. The molecule has 18 heavy (non-hydrogen) atoms. The Kier molecular flexibility index (Phi) is 12.4. The number of nitrogens with one attached hydrogen (secondary N) is 1. The van der Waals surface area contributed by atoms with E-state index in [1.54, 1.807) is 0 Å². The molecule has 1 aliphatic rings. The van der Waals surface area contributed by atoms with Gasteiger partial charge in [-0.15, -0.1) is 13.2 Å². The molecular formula is C10H19F2NO4S. The van der Waals surface area contributed by atoms with Gasteiger partial charge in [0.1, 0.15) is 6.10 Å². The van der Waals surface area contributed by atoms with Crippen LogP contribution in [0.3, 0.4) is 0 Å². The maximum Gasteiger partial charge on any atom is 0.409 e. The van der Waals surface area contributed by atoms with Crippen LogP contribution in [0, 0.1) is 0 Å². The monoisotopic (exact) mass is 287 g/mol. The fourth-order valence-corrected chi connectivity index (χ4v) is 1.53. The SMILES string of the molecule is C=C.CO.O=C(OC1CCCC1)C(F)(F)NSO. The second kappa shape index (κ2) is 11.4. The number of aliphatic hydroxyl groups is 1. The van der Waals surface area contributed by atoms with E-state index < -0.39 is 18.1 Å². The predicted octanol–water partition coefficient (Wildman–Crippen LogP) is 2.19. The largest absolute Gasteiger partial charge is 0.457 e. The Bertz CT molecular complexity index is 226. The summed E-state index contributed by atoms with van der Waals surface area (Å²) in [7, 11) is 1.00. The van der Waals surface area contributed by atoms with Gasteiger partial charge in [-0.1, -0.05) is 0 Å². The van der Waals surface area contributed by atoms with E-state index in [0.717, 1.165) is 20.0 Å². The van der Waals surface area contributed by atoms with E-state index in [1.807, 2.05) is 0 Å². The van der Waals surface area contributed by atoms with Crippen molar-refractivity contribution in [2.24, 2.45) is 0 Å². The Morgan fingerprint density at radius 3 is 2.22 bits per heavy atom. The zero-order chi connectivity index (χ0) is 14.6. The lowest BCUT2D eigenvalue weighted by Crippen LogP contribution is -2.42. The van der Waals surface area contributed by atoms with Crippen LogP contribution in [0.4, 0.5) is 8.78 Å². The Balaban J connectivity index is 0. The van der Waals surface area contributed by atoms with Gasteiger partial charge in [-0.3, -0.25) is 0 Å². The van der Waals surface area contributed by atoms with Gasteiger partial charge in [0.25, 0.3) is 0 Å². The minimum Gasteiger partial charge on any atom is -0.457 e. The molecule has 0 spiro atoms. The van der Waals surface area contributed by atoms with Crippen molar-refractivity contribution in [3.05, 3.63) is 13.2 Å². The lowest BCUT2D eigenvalue weighted by Gasteiger charge is -2.17. The fraction of sp³-hybridized carbons (Fsp3) is 0.700. The summed E-state index contributed by atoms with van der Waals surface area (Å²) in [5.41, 5.74) is 0. The number of halogens is 2. The molecule has 1 fully saturated rings. The molecule has 1 rings (SSSR count). The molecule has 0 aromatic rings. The van der Waals surface area contributed by atoms with Crippen LogP contribution in [0.1, 0.15) is 25.7 Å². The van der Waals surface area contributed by atoms with Gasteiger partial charge >= 0.3 is 12.0 Å². The molecule has 8 heteroatoms. The van der Waals surface area contributed by atoms with Crippen LogP contribution < -0.4 is 4.72 Å². The van der Waals surface area contributed by atoms with Crippen molar-refractivity contribution in [1.29, 1.82) is 0 Å². The average Bonchev–Trinajstić information content (AvgIpc) is 2.87. The molecule has 108 valence electrons. The predicted molar refractivity (Wildman–Crippen MR) is 66.0 cm³/mol. The van der Waals surface area contributed by atoms with Crippen LogP contribution in [0.5, 0.6) is 0 Å². The van der Waals surface area contributed by atoms with Crippen LogP contribution >= 0.6 is 12.2 Å². The first-order valence-electron chi connectivity index (χ1n) is 5.17. The molecule has 0 heterocycles. The highest BCUT2D eigenvalue weighted by Gasteiger charge is 2.42. The van der Waals surface area contributed by atoms with Gasteiger partial charge in [0, 0.05) is 7.11 Å². The zero-order valence-corrected chi connectivity index (χ0v) is 11.0. The number of hydrogen-bond acceptors (Lipinski definition) is 6. The number of rotatable bonds is 4. The molecule has 0 amide bonds. The van der Waals surface area contributed by atoms with Gasteiger partial charge in [0.2, 0.25) is 0 Å². The summed E-state index contributed by atoms with van der Waals surface area (Å²) >= 11 is -0.306. The van der Waals surface area contributed by atoms with Crippen LogP contribution in [0.2, 0.25) is 0 Å². The Hall–Kier alpha value is -0.700. The minimum absolute atomic E-state index is 0.306. The summed E-state index contributed by atoms with van der Waals surface area (Å²) in [5.74, 6) is -1.63. The Morgan fingerprint density at radius 2 is 1.83 bits per heavy atom. The summed E-state index contributed by atoms with van der Waals surface area (Å²) in [4.78, 5) is 10.9. The second-order valence-electron chi connectivity index (χ2n) is 3.08. The van der Waals surface area contributed by atoms with Crippen LogP contribution in [0.15, 0.2) is 13.2 Å². The topological polar surface area (TPSA) is 78.8 Å². The van der Waals surface area contributed by atoms with Crippen molar-refractivity contribution in [2.45, 2.75) is 37.8 Å². The molecule has 0 aliphatic heterocycles. The molecule has 0 atom stereocenters. The third-order valence-electron chi connectivity index (χ3n) is 2.01. The molecule has 0 aromatic carbocycles. The minimum atomic E-state index is -3.83. The van der Waals surface area contributed by atoms with Crippen LogP contribution in [0.25, 0.3) is 0 Å². The molecule has 0 radical (unpaired) electrons. The van der Waals surface area contributed by atoms with Crippen LogP contribution in [-0.2, 0) is 9.53 Å². The molecule has 0 unspecified atom stereocenters. The molecule has 0 aromatic heterocycles. The third kappa shape index (κ3) is 7.59. The highest BCUT2D eigenvalue weighted by atomic mass is 32.2. The molecule has 0 saturated heterocycles. The number of hydrogen-bond donors (Lipinski definition) is 3. The first-order valence-corrected chi connectivity index (χ1v) is 5.95. The van der Waals surface area contributed by atoms with Crippen molar-refractivity contribution in [3.63, 3.8) is 0 Å². The van der Waals surface area contributed by atoms with E-state index in [2.05, 4.69) is 17.9 Å². The fourth-order valence-electron chi connectivity index (χ4n) is 1.33. The first-order chi connectivity index (χ1) is 8.56. The summed E-state index contributed by atoms with van der Waals surface area (Å²) in [5, 5.41) is 7.00. The van der Waals surface area contributed by atoms with Crippen LogP contribution in [-0.4, -0.2) is 34.9 Å². The van der Waals surface area contributed by atoms with Gasteiger partial charge in [-0.05, 0) is 25.7 Å². The standard InChI is InChI=1S/C7H11F2NO3S.C2H4.CH4O/c8-7(9,10-14-12)6(11)13-5-3-1-2-4-5;2*1-2/h5,10,12H,1-4H2;1-2H2;2H,1H3. The molecule has 5 nitrogen and oxygen atoms in total. The first kappa shape index (κ1) is 19.6. The number of esters is 1. The number of ether oxygens (including phenoxy) is 1. The smallest absolute Gasteiger partial charge is 0.409 e. The van der Waals surface area contributed by atoms with Gasteiger partial charge in [-0.25, -0.2) is 4.79 Å². The third-order valence-corrected chi connectivity index (χ3v) is 2.35. The van der Waals surface area contributed by atoms with Crippen molar-refractivity contribution in [2.75, 3.05) is 7.11 Å². The van der Waals surface area contributed by atoms with Crippen molar-refractivity contribution in [1.82, 2.24) is 4.72 Å². The van der Waals surface area contributed by atoms with Crippen molar-refractivity contribution >= 4 is 18.2 Å². The van der Waals surface area contributed by atoms with Gasteiger partial charge < -0.3 is 14.4 Å². The van der Waals surface area contributed by atoms with E-state index >= 15 is 0 Å². The summed E-state index contributed by atoms with van der Waals surface area (Å²) in [6, 6.07) is -3.83. The quantitative estimate of drug-likeness (QED) is 0.242. The second-order valence-corrected chi connectivity index (χ2v) is 3.47. The molecule has 0 bridgehead atoms. The van der Waals surface area contributed by atoms with Gasteiger partial charge in [0.05, 0.1) is 12.2 Å². The number of carbonyl (C=O) groups excluding carboxylic acids is 1. The molecule has 1 saturated carbocycles. The van der Waals surface area contributed by atoms with E-state index in [0.29, 0.717) is 12.8 Å². The molecule has 1 aliphatic carbocycles. The van der Waals surface area contributed by atoms with E-state index in [-0.39, 0.29) is 12.2 Å². The maximum absolute atomic E-state index is 12.7. The zero-order valence-electron chi connectivity index (χ0n) is 10.2. The average molecular weight is 287 g/mol. The van der Waals surface area contributed by atoms with E-state index in [9.17, 15) is 13.6 Å². The number of aliphatic hydroxyl groups excluding tert-OH is 1. The van der Waals surface area contributed by atoms with E-state index in [4.69, 9.17) is 9.66 Å². The summed E-state index contributed by atoms with van der Waals surface area (Å²) in [6.07, 6.45) is 2.65. The summed E-state index contributed by atoms with van der Waals surface area (Å²) < 4.78 is 39.4. The highest BCUT2D eigenvalue weighted by molar-refractivity contribution is 7.91. The molecular weight excluding hydrogens is 268 g/mol. The normalized spacial score (nSPS) is 14.9. The van der Waals surface area contributed by atoms with Gasteiger partial charge in [-0.2, -0.15) is 13.5 Å². The van der Waals surface area contributed by atoms with E-state index in [1.165, 1.54) is 4.72 Å².